The first-order valence-corrected chi connectivity index (χ1v) is 7.01. The van der Waals surface area contributed by atoms with Crippen LogP contribution in [0.2, 0.25) is 0 Å². The van der Waals surface area contributed by atoms with Gasteiger partial charge in [-0.1, -0.05) is 30.3 Å². The van der Waals surface area contributed by atoms with Crippen LogP contribution >= 0.6 is 0 Å². The lowest BCUT2D eigenvalue weighted by atomic mass is 9.80. The van der Waals surface area contributed by atoms with Crippen LogP contribution in [0.15, 0.2) is 30.3 Å². The van der Waals surface area contributed by atoms with E-state index in [4.69, 9.17) is 4.74 Å². The Balaban J connectivity index is 2.21. The summed E-state index contributed by atoms with van der Waals surface area (Å²) in [6, 6.07) is 9.07. The van der Waals surface area contributed by atoms with Crippen molar-refractivity contribution in [2.75, 3.05) is 13.1 Å². The highest BCUT2D eigenvalue weighted by Crippen LogP contribution is 2.35. The summed E-state index contributed by atoms with van der Waals surface area (Å²) in [5.74, 6) is -0.903. The number of rotatable bonds is 2. The quantitative estimate of drug-likeness (QED) is 0.909. The van der Waals surface area contributed by atoms with Gasteiger partial charge in [-0.05, 0) is 32.8 Å². The molecule has 0 spiro atoms. The number of ether oxygens (including phenoxy) is 1. The van der Waals surface area contributed by atoms with E-state index in [0.717, 1.165) is 5.56 Å². The Morgan fingerprint density at radius 1 is 1.24 bits per heavy atom. The molecule has 21 heavy (non-hydrogen) atoms. The van der Waals surface area contributed by atoms with Crippen LogP contribution in [0.3, 0.4) is 0 Å². The van der Waals surface area contributed by atoms with Crippen molar-refractivity contribution in [3.05, 3.63) is 35.9 Å². The molecule has 1 saturated heterocycles. The fourth-order valence-electron chi connectivity index (χ4n) is 2.58. The van der Waals surface area contributed by atoms with Crippen molar-refractivity contribution in [1.82, 2.24) is 4.90 Å². The minimum atomic E-state index is -1.04. The second-order valence-corrected chi connectivity index (χ2v) is 6.41. The molecule has 1 aromatic carbocycles. The number of hydrogen-bond acceptors (Lipinski definition) is 3. The molecule has 0 radical (unpaired) electrons. The summed E-state index contributed by atoms with van der Waals surface area (Å²) in [4.78, 5) is 25.4. The summed E-state index contributed by atoms with van der Waals surface area (Å²) in [5.41, 5.74) is -0.903. The predicted molar refractivity (Wildman–Crippen MR) is 78.2 cm³/mol. The topological polar surface area (TPSA) is 66.8 Å². The number of nitrogens with zero attached hydrogens (tertiary/aromatic N) is 1. The van der Waals surface area contributed by atoms with Gasteiger partial charge < -0.3 is 14.7 Å². The maximum Gasteiger partial charge on any atom is 0.410 e. The second kappa shape index (κ2) is 5.39. The number of aliphatic carboxylic acids is 1. The summed E-state index contributed by atoms with van der Waals surface area (Å²) in [6.45, 7) is 5.91. The Hall–Kier alpha value is -2.04. The van der Waals surface area contributed by atoms with E-state index in [1.54, 1.807) is 32.9 Å². The maximum absolute atomic E-state index is 12.1. The smallest absolute Gasteiger partial charge is 0.410 e. The molecule has 1 aliphatic heterocycles. The lowest BCUT2D eigenvalue weighted by Crippen LogP contribution is -2.42. The average molecular weight is 291 g/mol. The van der Waals surface area contributed by atoms with Crippen LogP contribution in [0.5, 0.6) is 0 Å². The van der Waals surface area contributed by atoms with Crippen molar-refractivity contribution >= 4 is 12.1 Å². The first-order valence-electron chi connectivity index (χ1n) is 7.01. The zero-order valence-corrected chi connectivity index (χ0v) is 12.6. The molecule has 1 amide bonds. The summed E-state index contributed by atoms with van der Waals surface area (Å²) >= 11 is 0. The molecule has 1 fully saturated rings. The van der Waals surface area contributed by atoms with E-state index in [1.165, 1.54) is 4.90 Å². The Bertz CT molecular complexity index is 535. The fourth-order valence-corrected chi connectivity index (χ4v) is 2.58. The van der Waals surface area contributed by atoms with Crippen molar-refractivity contribution in [2.24, 2.45) is 0 Å². The maximum atomic E-state index is 12.1. The van der Waals surface area contributed by atoms with E-state index in [0.29, 0.717) is 13.0 Å². The number of carboxylic acid groups (broad SMARTS) is 1. The van der Waals surface area contributed by atoms with Gasteiger partial charge in [0.1, 0.15) is 11.0 Å². The predicted octanol–water partition coefficient (Wildman–Crippen LogP) is 2.65. The molecule has 5 heteroatoms. The number of likely N-dealkylation sites (tertiary alicyclic amines) is 1. The van der Waals surface area contributed by atoms with Gasteiger partial charge in [0.15, 0.2) is 0 Å². The van der Waals surface area contributed by atoms with Crippen LogP contribution in [-0.2, 0) is 14.9 Å². The number of hydrogen-bond donors (Lipinski definition) is 1. The van der Waals surface area contributed by atoms with Crippen molar-refractivity contribution < 1.29 is 19.4 Å². The highest BCUT2D eigenvalue weighted by molar-refractivity contribution is 5.84. The summed E-state index contributed by atoms with van der Waals surface area (Å²) in [5, 5.41) is 9.67. The van der Waals surface area contributed by atoms with Gasteiger partial charge in [0.2, 0.25) is 0 Å². The molecule has 1 N–H and O–H groups in total. The first-order chi connectivity index (χ1) is 9.74. The standard InChI is InChI=1S/C16H21NO4/c1-15(2,3)21-14(20)17-10-9-16(11-17,13(18)19)12-7-5-4-6-8-12/h4-8H,9-11H2,1-3H3,(H,18,19). The third kappa shape index (κ3) is 3.17. The van der Waals surface area contributed by atoms with E-state index in [-0.39, 0.29) is 6.54 Å². The highest BCUT2D eigenvalue weighted by atomic mass is 16.6. The number of carboxylic acids is 1. The summed E-state index contributed by atoms with van der Waals surface area (Å²) in [6.07, 6.45) is -0.0625. The first kappa shape index (κ1) is 15.4. The third-order valence-corrected chi connectivity index (χ3v) is 3.66. The van der Waals surface area contributed by atoms with Crippen LogP contribution in [0, 0.1) is 0 Å². The largest absolute Gasteiger partial charge is 0.481 e. The fraction of sp³-hybridized carbons (Fsp3) is 0.500. The summed E-state index contributed by atoms with van der Waals surface area (Å²) in [7, 11) is 0. The lowest BCUT2D eigenvalue weighted by Gasteiger charge is -2.27. The Labute approximate surface area is 124 Å². The van der Waals surface area contributed by atoms with Crippen molar-refractivity contribution in [2.45, 2.75) is 38.2 Å². The van der Waals surface area contributed by atoms with Crippen molar-refractivity contribution in [3.63, 3.8) is 0 Å². The number of carbonyl (C=O) groups is 2. The van der Waals surface area contributed by atoms with Crippen LogP contribution in [-0.4, -0.2) is 40.8 Å². The zero-order chi connectivity index (χ0) is 15.7. The van der Waals surface area contributed by atoms with Gasteiger partial charge >= 0.3 is 12.1 Å². The Morgan fingerprint density at radius 2 is 1.86 bits per heavy atom. The molecular formula is C16H21NO4. The molecular weight excluding hydrogens is 270 g/mol. The van der Waals surface area contributed by atoms with Gasteiger partial charge in [-0.25, -0.2) is 4.79 Å². The normalized spacial score (nSPS) is 22.1. The summed E-state index contributed by atoms with van der Waals surface area (Å²) < 4.78 is 5.32. The number of benzene rings is 1. The molecule has 0 aliphatic carbocycles. The van der Waals surface area contributed by atoms with Crippen molar-refractivity contribution in [3.8, 4) is 0 Å². The van der Waals surface area contributed by atoms with E-state index >= 15 is 0 Å². The molecule has 114 valence electrons. The van der Waals surface area contributed by atoms with Gasteiger partial charge in [0.05, 0.1) is 0 Å². The highest BCUT2D eigenvalue weighted by Gasteiger charge is 2.48. The van der Waals surface area contributed by atoms with Crippen molar-refractivity contribution in [1.29, 1.82) is 0 Å². The molecule has 0 bridgehead atoms. The van der Waals surface area contributed by atoms with E-state index < -0.39 is 23.1 Å². The monoisotopic (exact) mass is 291 g/mol. The van der Waals surface area contributed by atoms with Crippen LogP contribution in [0.25, 0.3) is 0 Å². The van der Waals surface area contributed by atoms with Gasteiger partial charge in [-0.2, -0.15) is 0 Å². The minimum absolute atomic E-state index is 0.140. The van der Waals surface area contributed by atoms with Gasteiger partial charge in [0, 0.05) is 13.1 Å². The number of carbonyl (C=O) groups excluding carboxylic acids is 1. The van der Waals surface area contributed by atoms with E-state index in [2.05, 4.69) is 0 Å². The van der Waals surface area contributed by atoms with Gasteiger partial charge in [-0.15, -0.1) is 0 Å². The lowest BCUT2D eigenvalue weighted by molar-refractivity contribution is -0.143. The molecule has 1 atom stereocenters. The van der Waals surface area contributed by atoms with Crippen LogP contribution in [0.1, 0.15) is 32.8 Å². The molecule has 0 aromatic heterocycles. The minimum Gasteiger partial charge on any atom is -0.481 e. The van der Waals surface area contributed by atoms with Gasteiger partial charge in [-0.3, -0.25) is 4.79 Å². The molecule has 1 heterocycles. The SMILES string of the molecule is CC(C)(C)OC(=O)N1CCC(C(=O)O)(c2ccccc2)C1. The Kier molecular flexibility index (Phi) is 3.94. The molecule has 5 nitrogen and oxygen atoms in total. The average Bonchev–Trinajstić information content (AvgIpc) is 2.84. The van der Waals surface area contributed by atoms with Crippen LogP contribution < -0.4 is 0 Å². The molecule has 2 rings (SSSR count). The molecule has 1 unspecified atom stereocenters. The van der Waals surface area contributed by atoms with Gasteiger partial charge in [0.25, 0.3) is 0 Å². The molecule has 1 aliphatic rings. The third-order valence-electron chi connectivity index (χ3n) is 3.66. The Morgan fingerprint density at radius 3 is 2.38 bits per heavy atom. The zero-order valence-electron chi connectivity index (χ0n) is 12.6. The van der Waals surface area contributed by atoms with E-state index in [1.807, 2.05) is 18.2 Å². The number of amides is 1. The molecule has 0 saturated carbocycles. The second-order valence-electron chi connectivity index (χ2n) is 6.41. The van der Waals surface area contributed by atoms with E-state index in [9.17, 15) is 14.7 Å². The van der Waals surface area contributed by atoms with Crippen LogP contribution in [0.4, 0.5) is 4.79 Å². The molecule has 1 aromatic rings.